The summed E-state index contributed by atoms with van der Waals surface area (Å²) in [6.07, 6.45) is -0.450. The van der Waals surface area contributed by atoms with Gasteiger partial charge in [-0.05, 0) is 60.0 Å². The minimum absolute atomic E-state index is 0.229. The molecule has 3 rings (SSSR count). The molecule has 0 saturated carbocycles. The number of hydrogen-bond acceptors (Lipinski definition) is 5. The lowest BCUT2D eigenvalue weighted by Gasteiger charge is -2.32. The van der Waals surface area contributed by atoms with Crippen molar-refractivity contribution in [3.05, 3.63) is 23.8 Å². The third-order valence-electron chi connectivity index (χ3n) is 5.03. The summed E-state index contributed by atoms with van der Waals surface area (Å²) in [6.45, 7) is 14.0. The van der Waals surface area contributed by atoms with E-state index in [0.717, 1.165) is 16.8 Å². The Morgan fingerprint density at radius 3 is 2.38 bits per heavy atom. The molecule has 142 valence electrons. The van der Waals surface area contributed by atoms with Crippen molar-refractivity contribution >= 4 is 18.7 Å². The monoisotopic (exact) mass is 361 g/mol. The molecule has 1 atom stereocenters. The first-order chi connectivity index (χ1) is 11.9. The molecule has 2 heterocycles. The molecule has 1 N–H and O–H groups in total. The Labute approximate surface area is 155 Å². The molecule has 2 aliphatic heterocycles. The van der Waals surface area contributed by atoms with Gasteiger partial charge in [0.1, 0.15) is 18.0 Å². The number of nitrogens with one attached hydrogen (secondary N) is 1. The van der Waals surface area contributed by atoms with Crippen molar-refractivity contribution in [2.24, 2.45) is 0 Å². The van der Waals surface area contributed by atoms with Crippen LogP contribution in [0, 0.1) is 0 Å². The average molecular weight is 361 g/mol. The highest BCUT2D eigenvalue weighted by Crippen LogP contribution is 2.37. The Hall–Kier alpha value is -1.73. The molecule has 2 aliphatic rings. The van der Waals surface area contributed by atoms with Crippen LogP contribution in [0.4, 0.5) is 4.79 Å². The summed E-state index contributed by atoms with van der Waals surface area (Å²) in [4.78, 5) is 12.0. The van der Waals surface area contributed by atoms with Gasteiger partial charge in [0.05, 0.1) is 17.2 Å². The highest BCUT2D eigenvalue weighted by atomic mass is 16.7. The molecule has 26 heavy (non-hydrogen) atoms. The maximum absolute atomic E-state index is 12.0. The summed E-state index contributed by atoms with van der Waals surface area (Å²) in [5.74, 6) is 0.735. The van der Waals surface area contributed by atoms with Crippen LogP contribution in [-0.4, -0.2) is 36.6 Å². The predicted molar refractivity (Wildman–Crippen MR) is 99.8 cm³/mol. The van der Waals surface area contributed by atoms with Crippen LogP contribution < -0.4 is 15.5 Å². The fraction of sp³-hybridized carbons (Fsp3) is 0.632. The molecular weight excluding hydrogens is 333 g/mol. The third kappa shape index (κ3) is 3.69. The van der Waals surface area contributed by atoms with Crippen molar-refractivity contribution in [3.8, 4) is 5.75 Å². The van der Waals surface area contributed by atoms with Crippen molar-refractivity contribution in [3.63, 3.8) is 0 Å². The number of amides is 1. The first-order valence-corrected chi connectivity index (χ1v) is 9.00. The Morgan fingerprint density at radius 1 is 1.19 bits per heavy atom. The number of benzene rings is 1. The van der Waals surface area contributed by atoms with Gasteiger partial charge in [0.25, 0.3) is 0 Å². The molecule has 0 spiro atoms. The average Bonchev–Trinajstić information content (AvgIpc) is 2.95. The molecular formula is C19H28BNO5. The van der Waals surface area contributed by atoms with E-state index in [1.165, 1.54) is 0 Å². The Kier molecular flexibility index (Phi) is 4.52. The summed E-state index contributed by atoms with van der Waals surface area (Å²) in [5, 5.41) is 2.86. The van der Waals surface area contributed by atoms with E-state index >= 15 is 0 Å². The second-order valence-electron chi connectivity index (χ2n) is 8.90. The van der Waals surface area contributed by atoms with E-state index < -0.39 is 30.0 Å². The van der Waals surface area contributed by atoms with E-state index in [4.69, 9.17) is 18.8 Å². The predicted octanol–water partition coefficient (Wildman–Crippen LogP) is 2.94. The minimum Gasteiger partial charge on any atom is -0.491 e. The van der Waals surface area contributed by atoms with Crippen molar-refractivity contribution < 1.29 is 23.6 Å². The fourth-order valence-electron chi connectivity index (χ4n) is 2.92. The number of fused-ring (bicyclic) bond motifs is 1. The number of alkyl carbamates (subject to hydrolysis) is 1. The lowest BCUT2D eigenvalue weighted by molar-refractivity contribution is 0.00578. The normalized spacial score (nSPS) is 23.3. The number of ether oxygens (including phenoxy) is 2. The van der Waals surface area contributed by atoms with Gasteiger partial charge >= 0.3 is 13.2 Å². The molecule has 1 fully saturated rings. The van der Waals surface area contributed by atoms with Gasteiger partial charge < -0.3 is 24.1 Å². The highest BCUT2D eigenvalue weighted by Gasteiger charge is 2.52. The maximum atomic E-state index is 12.0. The molecule has 6 nitrogen and oxygen atoms in total. The molecule has 1 amide bonds. The summed E-state index contributed by atoms with van der Waals surface area (Å²) in [7, 11) is -0.438. The number of hydrogen-bond donors (Lipinski definition) is 1. The summed E-state index contributed by atoms with van der Waals surface area (Å²) in [6, 6.07) is 5.60. The summed E-state index contributed by atoms with van der Waals surface area (Å²) < 4.78 is 23.3. The minimum atomic E-state index is -0.535. The standard InChI is InChI=1S/C19H28BNO5/c1-17(2,3)24-16(22)21-14-11-23-15-10-12(8-9-13(14)15)20-25-18(4,5)19(6,7)26-20/h8-10,14H,11H2,1-7H3,(H,21,22). The molecule has 1 saturated heterocycles. The van der Waals surface area contributed by atoms with Crippen LogP contribution in [0.15, 0.2) is 18.2 Å². The SMILES string of the molecule is CC(C)(C)OC(=O)NC1COc2cc(B3OC(C)(C)C(C)(C)O3)ccc21. The van der Waals surface area contributed by atoms with E-state index in [9.17, 15) is 4.79 Å². The number of carbonyl (C=O) groups is 1. The van der Waals surface area contributed by atoms with Crippen LogP contribution in [0.5, 0.6) is 5.75 Å². The molecule has 1 aromatic carbocycles. The summed E-state index contributed by atoms with van der Waals surface area (Å²) in [5.41, 5.74) is 0.514. The van der Waals surface area contributed by atoms with Gasteiger partial charge in [0.2, 0.25) is 0 Å². The van der Waals surface area contributed by atoms with E-state index in [1.54, 1.807) is 0 Å². The lowest BCUT2D eigenvalue weighted by Crippen LogP contribution is -2.41. The third-order valence-corrected chi connectivity index (χ3v) is 5.03. The van der Waals surface area contributed by atoms with E-state index in [-0.39, 0.29) is 6.04 Å². The zero-order chi connectivity index (χ0) is 19.3. The van der Waals surface area contributed by atoms with Gasteiger partial charge in [-0.25, -0.2) is 4.79 Å². The molecule has 0 aromatic heterocycles. The van der Waals surface area contributed by atoms with E-state index in [0.29, 0.717) is 6.61 Å². The van der Waals surface area contributed by atoms with Crippen LogP contribution in [-0.2, 0) is 14.0 Å². The number of carbonyl (C=O) groups excluding carboxylic acids is 1. The first-order valence-electron chi connectivity index (χ1n) is 9.00. The first kappa shape index (κ1) is 19.0. The van der Waals surface area contributed by atoms with Crippen LogP contribution in [0.1, 0.15) is 60.1 Å². The summed E-state index contributed by atoms with van der Waals surface area (Å²) >= 11 is 0. The smallest absolute Gasteiger partial charge is 0.491 e. The van der Waals surface area contributed by atoms with Crippen LogP contribution >= 0.6 is 0 Å². The Balaban J connectivity index is 1.72. The van der Waals surface area contributed by atoms with Gasteiger partial charge in [-0.1, -0.05) is 12.1 Å². The van der Waals surface area contributed by atoms with Crippen LogP contribution in [0.3, 0.4) is 0 Å². The van der Waals surface area contributed by atoms with E-state index in [2.05, 4.69) is 5.32 Å². The van der Waals surface area contributed by atoms with Crippen molar-refractivity contribution in [2.75, 3.05) is 6.61 Å². The van der Waals surface area contributed by atoms with Crippen molar-refractivity contribution in [1.29, 1.82) is 0 Å². The largest absolute Gasteiger partial charge is 0.494 e. The van der Waals surface area contributed by atoms with Crippen LogP contribution in [0.25, 0.3) is 0 Å². The van der Waals surface area contributed by atoms with Gasteiger partial charge in [-0.3, -0.25) is 0 Å². The maximum Gasteiger partial charge on any atom is 0.494 e. The van der Waals surface area contributed by atoms with Crippen LogP contribution in [0.2, 0.25) is 0 Å². The molecule has 0 bridgehead atoms. The molecule has 7 heteroatoms. The Bertz CT molecular complexity index is 694. The highest BCUT2D eigenvalue weighted by molar-refractivity contribution is 6.62. The second kappa shape index (κ2) is 6.17. The zero-order valence-corrected chi connectivity index (χ0v) is 16.6. The quantitative estimate of drug-likeness (QED) is 0.821. The zero-order valence-electron chi connectivity index (χ0n) is 16.6. The lowest BCUT2D eigenvalue weighted by atomic mass is 9.78. The van der Waals surface area contributed by atoms with Gasteiger partial charge in [-0.15, -0.1) is 0 Å². The topological polar surface area (TPSA) is 66.0 Å². The molecule has 1 unspecified atom stereocenters. The van der Waals surface area contributed by atoms with Crippen molar-refractivity contribution in [1.82, 2.24) is 5.32 Å². The molecule has 0 radical (unpaired) electrons. The second-order valence-corrected chi connectivity index (χ2v) is 8.90. The molecule has 0 aliphatic carbocycles. The Morgan fingerprint density at radius 2 is 1.81 bits per heavy atom. The molecule has 1 aromatic rings. The number of rotatable bonds is 2. The van der Waals surface area contributed by atoms with Gasteiger partial charge in [0.15, 0.2) is 0 Å². The van der Waals surface area contributed by atoms with Crippen molar-refractivity contribution in [2.45, 2.75) is 71.3 Å². The van der Waals surface area contributed by atoms with E-state index in [1.807, 2.05) is 66.7 Å². The van der Waals surface area contributed by atoms with Gasteiger partial charge in [0, 0.05) is 5.56 Å². The van der Waals surface area contributed by atoms with Gasteiger partial charge in [-0.2, -0.15) is 0 Å². The fourth-order valence-corrected chi connectivity index (χ4v) is 2.92.